The summed E-state index contributed by atoms with van der Waals surface area (Å²) in [7, 11) is 0. The van der Waals surface area contributed by atoms with E-state index in [0.717, 1.165) is 17.0 Å². The van der Waals surface area contributed by atoms with E-state index in [1.807, 2.05) is 6.92 Å². The number of nitrogens with one attached hydrogen (secondary N) is 1. The summed E-state index contributed by atoms with van der Waals surface area (Å²) in [5.41, 5.74) is 0.366. The Hall–Kier alpha value is -3.68. The van der Waals surface area contributed by atoms with E-state index in [2.05, 4.69) is 5.32 Å². The summed E-state index contributed by atoms with van der Waals surface area (Å²) < 4.78 is 24.2. The Bertz CT molecular complexity index is 985. The summed E-state index contributed by atoms with van der Waals surface area (Å²) in [6.07, 6.45) is 1.35. The number of benzene rings is 2. The molecule has 3 rings (SSSR count). The van der Waals surface area contributed by atoms with Gasteiger partial charge in [-0.1, -0.05) is 0 Å². The highest BCUT2D eigenvalue weighted by Gasteiger charge is 2.37. The maximum Gasteiger partial charge on any atom is 0.335 e. The van der Waals surface area contributed by atoms with Crippen molar-refractivity contribution in [3.05, 3.63) is 59.4 Å². The average molecular weight is 398 g/mol. The Morgan fingerprint density at radius 3 is 2.34 bits per heavy atom. The fourth-order valence-corrected chi connectivity index (χ4v) is 2.81. The Kier molecular flexibility index (Phi) is 5.92. The quantitative estimate of drug-likeness (QED) is 0.596. The van der Waals surface area contributed by atoms with Crippen molar-refractivity contribution in [2.75, 3.05) is 18.1 Å². The van der Waals surface area contributed by atoms with E-state index in [4.69, 9.17) is 9.47 Å². The van der Waals surface area contributed by atoms with Gasteiger partial charge in [-0.3, -0.25) is 14.9 Å². The highest BCUT2D eigenvalue weighted by atomic mass is 19.1. The van der Waals surface area contributed by atoms with Crippen LogP contribution in [0.1, 0.15) is 19.4 Å². The third kappa shape index (κ3) is 4.26. The topological polar surface area (TPSA) is 84.9 Å². The highest BCUT2D eigenvalue weighted by Crippen LogP contribution is 2.29. The van der Waals surface area contributed by atoms with Crippen molar-refractivity contribution in [3.8, 4) is 11.5 Å². The van der Waals surface area contributed by atoms with E-state index >= 15 is 0 Å². The van der Waals surface area contributed by atoms with Gasteiger partial charge in [0.15, 0.2) is 0 Å². The van der Waals surface area contributed by atoms with Crippen molar-refractivity contribution in [1.82, 2.24) is 5.32 Å². The van der Waals surface area contributed by atoms with Crippen LogP contribution in [0, 0.1) is 5.82 Å². The molecule has 8 heteroatoms. The molecule has 0 saturated carbocycles. The Morgan fingerprint density at radius 2 is 1.69 bits per heavy atom. The number of urea groups is 1. The molecule has 1 saturated heterocycles. The molecule has 0 unspecified atom stereocenters. The number of amides is 4. The summed E-state index contributed by atoms with van der Waals surface area (Å²) in [6.45, 7) is 4.49. The lowest BCUT2D eigenvalue weighted by molar-refractivity contribution is -0.122. The third-order valence-electron chi connectivity index (χ3n) is 4.08. The lowest BCUT2D eigenvalue weighted by Gasteiger charge is -2.26. The minimum absolute atomic E-state index is 0.143. The molecule has 0 bridgehead atoms. The fourth-order valence-electron chi connectivity index (χ4n) is 2.81. The van der Waals surface area contributed by atoms with Crippen LogP contribution in [0.5, 0.6) is 11.5 Å². The van der Waals surface area contributed by atoms with Crippen molar-refractivity contribution in [1.29, 1.82) is 0 Å². The lowest BCUT2D eigenvalue weighted by Crippen LogP contribution is -2.54. The summed E-state index contributed by atoms with van der Waals surface area (Å²) >= 11 is 0. The molecular weight excluding hydrogens is 379 g/mol. The van der Waals surface area contributed by atoms with E-state index in [9.17, 15) is 18.8 Å². The number of hydrogen-bond acceptors (Lipinski definition) is 5. The van der Waals surface area contributed by atoms with E-state index in [1.165, 1.54) is 18.2 Å². The van der Waals surface area contributed by atoms with Gasteiger partial charge >= 0.3 is 6.03 Å². The van der Waals surface area contributed by atoms with Gasteiger partial charge in [0.2, 0.25) is 0 Å². The SMILES string of the molecule is CCOc1ccc(/C=C2\C(=O)NC(=O)N(c3ccc(F)cc3)C2=O)c(OCC)c1. The molecule has 1 aliphatic heterocycles. The monoisotopic (exact) mass is 398 g/mol. The van der Waals surface area contributed by atoms with Gasteiger partial charge in [-0.25, -0.2) is 14.1 Å². The van der Waals surface area contributed by atoms with Gasteiger partial charge in [0.05, 0.1) is 18.9 Å². The van der Waals surface area contributed by atoms with Crippen LogP contribution in [0.2, 0.25) is 0 Å². The zero-order chi connectivity index (χ0) is 21.0. The largest absolute Gasteiger partial charge is 0.494 e. The zero-order valence-electron chi connectivity index (χ0n) is 15.9. The molecule has 1 fully saturated rings. The number of rotatable bonds is 6. The van der Waals surface area contributed by atoms with Crippen LogP contribution in [0.15, 0.2) is 48.0 Å². The number of anilines is 1. The minimum atomic E-state index is -0.902. The highest BCUT2D eigenvalue weighted by molar-refractivity contribution is 6.39. The summed E-state index contributed by atoms with van der Waals surface area (Å²) in [6, 6.07) is 8.90. The van der Waals surface area contributed by atoms with Crippen molar-refractivity contribution in [2.24, 2.45) is 0 Å². The molecule has 7 nitrogen and oxygen atoms in total. The van der Waals surface area contributed by atoms with Gasteiger partial charge in [-0.15, -0.1) is 0 Å². The number of hydrogen-bond donors (Lipinski definition) is 1. The van der Waals surface area contributed by atoms with E-state index in [1.54, 1.807) is 25.1 Å². The maximum absolute atomic E-state index is 13.2. The van der Waals surface area contributed by atoms with Crippen LogP contribution < -0.4 is 19.7 Å². The Morgan fingerprint density at radius 1 is 1.00 bits per heavy atom. The first kappa shape index (κ1) is 20.1. The van der Waals surface area contributed by atoms with E-state index in [-0.39, 0.29) is 11.3 Å². The van der Waals surface area contributed by atoms with Crippen LogP contribution in [-0.2, 0) is 9.59 Å². The summed E-state index contributed by atoms with van der Waals surface area (Å²) in [4.78, 5) is 38.2. The van der Waals surface area contributed by atoms with Crippen LogP contribution in [0.4, 0.5) is 14.9 Å². The molecule has 0 atom stereocenters. The standard InChI is InChI=1S/C21H19FN2O5/c1-3-28-16-10-5-13(18(12-16)29-4-2)11-17-19(25)23-21(27)24(20(17)26)15-8-6-14(22)7-9-15/h5-12H,3-4H2,1-2H3,(H,23,25,27)/b17-11+. The number of imide groups is 2. The molecule has 0 aliphatic carbocycles. The summed E-state index contributed by atoms with van der Waals surface area (Å²) in [5.74, 6) is -1.14. The first-order chi connectivity index (χ1) is 13.9. The van der Waals surface area contributed by atoms with Gasteiger partial charge in [-0.05, 0) is 56.3 Å². The predicted octanol–water partition coefficient (Wildman–Crippen LogP) is 3.29. The van der Waals surface area contributed by atoms with Crippen LogP contribution >= 0.6 is 0 Å². The second-order valence-corrected chi connectivity index (χ2v) is 6.00. The molecule has 4 amide bonds. The normalized spacial score (nSPS) is 15.5. The molecular formula is C21H19FN2O5. The first-order valence-electron chi connectivity index (χ1n) is 9.01. The molecule has 29 heavy (non-hydrogen) atoms. The average Bonchev–Trinajstić information content (AvgIpc) is 2.68. The number of ether oxygens (including phenoxy) is 2. The molecule has 2 aromatic carbocycles. The molecule has 1 heterocycles. The van der Waals surface area contributed by atoms with Crippen molar-refractivity contribution < 1.29 is 28.2 Å². The second kappa shape index (κ2) is 8.55. The van der Waals surface area contributed by atoms with Crippen molar-refractivity contribution >= 4 is 29.6 Å². The van der Waals surface area contributed by atoms with Crippen LogP contribution in [0.3, 0.4) is 0 Å². The van der Waals surface area contributed by atoms with Gasteiger partial charge in [0.25, 0.3) is 11.8 Å². The fraction of sp³-hybridized carbons (Fsp3) is 0.190. The van der Waals surface area contributed by atoms with Gasteiger partial charge < -0.3 is 9.47 Å². The van der Waals surface area contributed by atoms with Crippen molar-refractivity contribution in [2.45, 2.75) is 13.8 Å². The number of nitrogens with zero attached hydrogens (tertiary/aromatic N) is 1. The predicted molar refractivity (Wildman–Crippen MR) is 104 cm³/mol. The minimum Gasteiger partial charge on any atom is -0.494 e. The summed E-state index contributed by atoms with van der Waals surface area (Å²) in [5, 5.41) is 2.13. The number of carbonyl (C=O) groups is 3. The molecule has 150 valence electrons. The number of barbiturate groups is 1. The molecule has 0 aromatic heterocycles. The van der Waals surface area contributed by atoms with Gasteiger partial charge in [0, 0.05) is 11.6 Å². The van der Waals surface area contributed by atoms with Gasteiger partial charge in [0.1, 0.15) is 22.9 Å². The number of halogens is 1. The molecule has 1 N–H and O–H groups in total. The smallest absolute Gasteiger partial charge is 0.335 e. The Labute approximate surface area is 166 Å². The second-order valence-electron chi connectivity index (χ2n) is 6.00. The van der Waals surface area contributed by atoms with Crippen LogP contribution in [0.25, 0.3) is 6.08 Å². The maximum atomic E-state index is 13.2. The third-order valence-corrected chi connectivity index (χ3v) is 4.08. The molecule has 0 radical (unpaired) electrons. The van der Waals surface area contributed by atoms with E-state index in [0.29, 0.717) is 30.3 Å². The van der Waals surface area contributed by atoms with Crippen LogP contribution in [-0.4, -0.2) is 31.1 Å². The first-order valence-corrected chi connectivity index (χ1v) is 9.01. The molecule has 1 aliphatic rings. The lowest BCUT2D eigenvalue weighted by atomic mass is 10.1. The van der Waals surface area contributed by atoms with E-state index < -0.39 is 23.7 Å². The van der Waals surface area contributed by atoms with Crippen molar-refractivity contribution in [3.63, 3.8) is 0 Å². The molecule has 2 aromatic rings. The zero-order valence-corrected chi connectivity index (χ0v) is 15.9. The molecule has 0 spiro atoms. The van der Waals surface area contributed by atoms with Gasteiger partial charge in [-0.2, -0.15) is 0 Å². The Balaban J connectivity index is 2.01. The number of carbonyl (C=O) groups excluding carboxylic acids is 3.